The normalized spacial score (nSPS) is 12.9. The zero-order valence-corrected chi connectivity index (χ0v) is 14.0. The summed E-state index contributed by atoms with van der Waals surface area (Å²) in [6, 6.07) is 11.5. The number of halogens is 1. The van der Waals surface area contributed by atoms with Gasteiger partial charge in [0.1, 0.15) is 0 Å². The highest BCUT2D eigenvalue weighted by Gasteiger charge is 2.06. The minimum absolute atomic E-state index is 0.375. The van der Waals surface area contributed by atoms with Crippen LogP contribution in [-0.4, -0.2) is 0 Å². The van der Waals surface area contributed by atoms with Crippen molar-refractivity contribution in [3.63, 3.8) is 0 Å². The Bertz CT molecular complexity index is 516. The Labute approximate surface area is 128 Å². The van der Waals surface area contributed by atoms with E-state index in [0.29, 0.717) is 12.0 Å². The lowest BCUT2D eigenvalue weighted by atomic mass is 9.99. The van der Waals surface area contributed by atoms with Crippen LogP contribution in [0.5, 0.6) is 0 Å². The van der Waals surface area contributed by atoms with Crippen LogP contribution < -0.4 is 5.32 Å². The zero-order valence-electron chi connectivity index (χ0n) is 11.6. The maximum atomic E-state index is 3.56. The summed E-state index contributed by atoms with van der Waals surface area (Å²) in [5.74, 6) is 0.598. The molecular formula is C16H20BrNS. The molecule has 0 bridgehead atoms. The van der Waals surface area contributed by atoms with Crippen LogP contribution in [0.15, 0.2) is 39.5 Å². The molecule has 1 aromatic carbocycles. The van der Waals surface area contributed by atoms with Gasteiger partial charge >= 0.3 is 0 Å². The third kappa shape index (κ3) is 4.16. The van der Waals surface area contributed by atoms with Crippen molar-refractivity contribution in [1.82, 2.24) is 5.32 Å². The van der Waals surface area contributed by atoms with E-state index in [2.05, 4.69) is 77.7 Å². The summed E-state index contributed by atoms with van der Waals surface area (Å²) >= 11 is 5.23. The van der Waals surface area contributed by atoms with Gasteiger partial charge in [-0.15, -0.1) is 11.3 Å². The molecule has 1 N–H and O–H groups in total. The molecule has 19 heavy (non-hydrogen) atoms. The highest BCUT2D eigenvalue weighted by molar-refractivity contribution is 9.11. The third-order valence-electron chi connectivity index (χ3n) is 3.34. The van der Waals surface area contributed by atoms with Gasteiger partial charge in [-0.2, -0.15) is 0 Å². The first-order valence-electron chi connectivity index (χ1n) is 6.62. The Morgan fingerprint density at radius 3 is 2.26 bits per heavy atom. The van der Waals surface area contributed by atoms with Crippen molar-refractivity contribution in [2.45, 2.75) is 39.3 Å². The fourth-order valence-corrected chi connectivity index (χ4v) is 3.21. The minimum Gasteiger partial charge on any atom is -0.306 e. The Morgan fingerprint density at radius 2 is 1.74 bits per heavy atom. The van der Waals surface area contributed by atoms with Crippen LogP contribution in [0.25, 0.3) is 0 Å². The Balaban J connectivity index is 1.94. The lowest BCUT2D eigenvalue weighted by molar-refractivity contribution is 0.575. The van der Waals surface area contributed by atoms with E-state index in [0.717, 1.165) is 6.54 Å². The van der Waals surface area contributed by atoms with E-state index in [-0.39, 0.29) is 0 Å². The van der Waals surface area contributed by atoms with Crippen LogP contribution in [0, 0.1) is 0 Å². The first-order valence-corrected chi connectivity index (χ1v) is 8.29. The highest BCUT2D eigenvalue weighted by Crippen LogP contribution is 2.22. The summed E-state index contributed by atoms with van der Waals surface area (Å²) in [7, 11) is 0. The monoisotopic (exact) mass is 337 g/mol. The van der Waals surface area contributed by atoms with Gasteiger partial charge in [-0.25, -0.2) is 0 Å². The molecular weight excluding hydrogens is 318 g/mol. The van der Waals surface area contributed by atoms with Crippen molar-refractivity contribution < 1.29 is 0 Å². The second-order valence-electron chi connectivity index (χ2n) is 5.18. The molecule has 2 rings (SSSR count). The predicted molar refractivity (Wildman–Crippen MR) is 87.8 cm³/mol. The van der Waals surface area contributed by atoms with Crippen molar-refractivity contribution in [2.75, 3.05) is 0 Å². The lowest BCUT2D eigenvalue weighted by Crippen LogP contribution is -2.17. The molecule has 1 nitrogen and oxygen atoms in total. The van der Waals surface area contributed by atoms with Gasteiger partial charge in [0, 0.05) is 12.6 Å². The zero-order chi connectivity index (χ0) is 13.8. The van der Waals surface area contributed by atoms with Gasteiger partial charge in [-0.05, 0) is 56.9 Å². The first-order chi connectivity index (χ1) is 9.06. The molecule has 0 fully saturated rings. The van der Waals surface area contributed by atoms with Crippen LogP contribution in [0.4, 0.5) is 0 Å². The van der Waals surface area contributed by atoms with Crippen LogP contribution in [0.1, 0.15) is 49.4 Å². The van der Waals surface area contributed by atoms with E-state index in [4.69, 9.17) is 0 Å². The van der Waals surface area contributed by atoms with E-state index in [1.54, 1.807) is 11.3 Å². The van der Waals surface area contributed by atoms with E-state index < -0.39 is 0 Å². The van der Waals surface area contributed by atoms with Crippen molar-refractivity contribution in [3.8, 4) is 0 Å². The quantitative estimate of drug-likeness (QED) is 0.761. The summed E-state index contributed by atoms with van der Waals surface area (Å²) in [6.07, 6.45) is 0. The second-order valence-corrected chi connectivity index (χ2v) is 7.47. The molecule has 0 aliphatic carbocycles. The van der Waals surface area contributed by atoms with E-state index >= 15 is 0 Å². The summed E-state index contributed by atoms with van der Waals surface area (Å²) in [5, 5.41) is 5.75. The van der Waals surface area contributed by atoms with Crippen molar-refractivity contribution in [2.24, 2.45) is 0 Å². The SMILES string of the molecule is CC(C)c1ccc(C(C)NCc2csc(Br)c2)cc1. The summed E-state index contributed by atoms with van der Waals surface area (Å²) < 4.78 is 1.19. The fourth-order valence-electron chi connectivity index (χ4n) is 2.00. The average molecular weight is 338 g/mol. The number of hydrogen-bond donors (Lipinski definition) is 1. The molecule has 0 aliphatic heterocycles. The fraction of sp³-hybridized carbons (Fsp3) is 0.375. The lowest BCUT2D eigenvalue weighted by Gasteiger charge is -2.15. The average Bonchev–Trinajstić information content (AvgIpc) is 2.82. The molecule has 1 unspecified atom stereocenters. The Hall–Kier alpha value is -0.640. The largest absolute Gasteiger partial charge is 0.306 e. The number of rotatable bonds is 5. The molecule has 2 aromatic rings. The molecule has 0 amide bonds. The molecule has 0 saturated heterocycles. The van der Waals surface area contributed by atoms with Crippen molar-refractivity contribution >= 4 is 27.3 Å². The van der Waals surface area contributed by atoms with Gasteiger partial charge in [-0.3, -0.25) is 0 Å². The van der Waals surface area contributed by atoms with Gasteiger partial charge in [-0.1, -0.05) is 38.1 Å². The molecule has 1 aromatic heterocycles. The van der Waals surface area contributed by atoms with Gasteiger partial charge in [0.25, 0.3) is 0 Å². The maximum Gasteiger partial charge on any atom is 0.0701 e. The molecule has 0 saturated carbocycles. The van der Waals surface area contributed by atoms with E-state index in [9.17, 15) is 0 Å². The maximum absolute atomic E-state index is 3.56. The Kier molecular flexibility index (Phi) is 5.20. The molecule has 1 heterocycles. The smallest absolute Gasteiger partial charge is 0.0701 e. The first kappa shape index (κ1) is 14.8. The highest BCUT2D eigenvalue weighted by atomic mass is 79.9. The van der Waals surface area contributed by atoms with E-state index in [1.807, 2.05) is 0 Å². The summed E-state index contributed by atoms with van der Waals surface area (Å²) in [4.78, 5) is 0. The predicted octanol–water partition coefficient (Wildman–Crippen LogP) is 5.48. The molecule has 3 heteroatoms. The molecule has 0 spiro atoms. The molecule has 1 atom stereocenters. The molecule has 0 aliphatic rings. The number of hydrogen-bond acceptors (Lipinski definition) is 2. The van der Waals surface area contributed by atoms with Crippen LogP contribution >= 0.6 is 27.3 Å². The summed E-state index contributed by atoms with van der Waals surface area (Å²) in [6.45, 7) is 7.58. The molecule has 102 valence electrons. The summed E-state index contributed by atoms with van der Waals surface area (Å²) in [5.41, 5.74) is 4.08. The van der Waals surface area contributed by atoms with Crippen LogP contribution in [0.3, 0.4) is 0 Å². The number of benzene rings is 1. The second kappa shape index (κ2) is 6.69. The van der Waals surface area contributed by atoms with Crippen molar-refractivity contribution in [3.05, 3.63) is 56.2 Å². The van der Waals surface area contributed by atoms with Gasteiger partial charge in [0.05, 0.1) is 3.79 Å². The Morgan fingerprint density at radius 1 is 1.11 bits per heavy atom. The molecule has 0 radical (unpaired) electrons. The van der Waals surface area contributed by atoms with E-state index in [1.165, 1.54) is 20.5 Å². The van der Waals surface area contributed by atoms with Gasteiger partial charge in [0.15, 0.2) is 0 Å². The minimum atomic E-state index is 0.375. The standard InChI is InChI=1S/C16H20BrNS/c1-11(2)14-4-6-15(7-5-14)12(3)18-9-13-8-16(17)19-10-13/h4-8,10-12,18H,9H2,1-3H3. The number of nitrogens with one attached hydrogen (secondary N) is 1. The topological polar surface area (TPSA) is 12.0 Å². The van der Waals surface area contributed by atoms with Crippen LogP contribution in [-0.2, 0) is 6.54 Å². The number of thiophene rings is 1. The van der Waals surface area contributed by atoms with Crippen molar-refractivity contribution in [1.29, 1.82) is 0 Å². The van der Waals surface area contributed by atoms with Gasteiger partial charge < -0.3 is 5.32 Å². The third-order valence-corrected chi connectivity index (χ3v) is 4.89. The van der Waals surface area contributed by atoms with Gasteiger partial charge in [0.2, 0.25) is 0 Å². The van der Waals surface area contributed by atoms with Crippen LogP contribution in [0.2, 0.25) is 0 Å².